The summed E-state index contributed by atoms with van der Waals surface area (Å²) in [6, 6.07) is 21.8. The second-order valence-electron chi connectivity index (χ2n) is 6.73. The molecule has 0 bridgehead atoms. The van der Waals surface area contributed by atoms with Crippen molar-refractivity contribution in [3.8, 4) is 0 Å². The Morgan fingerprint density at radius 1 is 1.00 bits per heavy atom. The summed E-state index contributed by atoms with van der Waals surface area (Å²) in [5.41, 5.74) is 4.17. The SMILES string of the molecule is Cc1ccc(C(=O)N2Cc3ccccc3[C@H](c3ccccc3)C2)c(=O)[nH]1. The van der Waals surface area contributed by atoms with Crippen molar-refractivity contribution in [2.45, 2.75) is 19.4 Å². The van der Waals surface area contributed by atoms with Crippen molar-refractivity contribution in [2.75, 3.05) is 6.54 Å². The second-order valence-corrected chi connectivity index (χ2v) is 6.73. The number of carbonyl (C=O) groups excluding carboxylic acids is 1. The third kappa shape index (κ3) is 2.94. The fourth-order valence-corrected chi connectivity index (χ4v) is 3.64. The van der Waals surface area contributed by atoms with E-state index in [1.165, 1.54) is 11.1 Å². The van der Waals surface area contributed by atoms with Crippen molar-refractivity contribution >= 4 is 5.91 Å². The van der Waals surface area contributed by atoms with Crippen molar-refractivity contribution in [1.29, 1.82) is 0 Å². The number of aromatic amines is 1. The Kier molecular flexibility index (Phi) is 4.17. The van der Waals surface area contributed by atoms with Crippen LogP contribution < -0.4 is 5.56 Å². The predicted molar refractivity (Wildman–Crippen MR) is 101 cm³/mol. The van der Waals surface area contributed by atoms with E-state index in [1.807, 2.05) is 30.3 Å². The first-order valence-electron chi connectivity index (χ1n) is 8.75. The average Bonchev–Trinajstić information content (AvgIpc) is 2.67. The third-order valence-electron chi connectivity index (χ3n) is 4.97. The minimum absolute atomic E-state index is 0.106. The lowest BCUT2D eigenvalue weighted by Gasteiger charge is -2.35. The lowest BCUT2D eigenvalue weighted by molar-refractivity contribution is 0.0723. The summed E-state index contributed by atoms with van der Waals surface area (Å²) in [4.78, 5) is 29.7. The number of H-pyrrole nitrogens is 1. The van der Waals surface area contributed by atoms with Crippen LogP contribution in [0.5, 0.6) is 0 Å². The average molecular weight is 344 g/mol. The summed E-state index contributed by atoms with van der Waals surface area (Å²) in [6.07, 6.45) is 0. The molecule has 1 aliphatic rings. The van der Waals surface area contributed by atoms with Crippen LogP contribution in [-0.2, 0) is 6.54 Å². The van der Waals surface area contributed by atoms with E-state index in [0.717, 1.165) is 11.3 Å². The van der Waals surface area contributed by atoms with Gasteiger partial charge in [-0.05, 0) is 35.7 Å². The number of pyridine rings is 1. The molecule has 0 saturated carbocycles. The van der Waals surface area contributed by atoms with Crippen LogP contribution >= 0.6 is 0 Å². The van der Waals surface area contributed by atoms with E-state index < -0.39 is 0 Å². The lowest BCUT2D eigenvalue weighted by atomic mass is 9.84. The van der Waals surface area contributed by atoms with Crippen molar-refractivity contribution in [3.63, 3.8) is 0 Å². The summed E-state index contributed by atoms with van der Waals surface area (Å²) in [6.45, 7) is 2.89. The maximum absolute atomic E-state index is 13.0. The van der Waals surface area contributed by atoms with Crippen LogP contribution in [0.15, 0.2) is 71.5 Å². The highest BCUT2D eigenvalue weighted by Crippen LogP contribution is 2.33. The van der Waals surface area contributed by atoms with Gasteiger partial charge < -0.3 is 9.88 Å². The van der Waals surface area contributed by atoms with Crippen LogP contribution in [-0.4, -0.2) is 22.3 Å². The molecule has 0 spiro atoms. The minimum atomic E-state index is -0.329. The number of rotatable bonds is 2. The van der Waals surface area contributed by atoms with Crippen LogP contribution in [0.3, 0.4) is 0 Å². The first kappa shape index (κ1) is 16.3. The van der Waals surface area contributed by atoms with Gasteiger partial charge >= 0.3 is 0 Å². The van der Waals surface area contributed by atoms with Crippen molar-refractivity contribution in [2.24, 2.45) is 0 Å². The number of hydrogen-bond donors (Lipinski definition) is 1. The topological polar surface area (TPSA) is 53.2 Å². The van der Waals surface area contributed by atoms with E-state index in [9.17, 15) is 9.59 Å². The van der Waals surface area contributed by atoms with Crippen molar-refractivity contribution in [1.82, 2.24) is 9.88 Å². The molecular weight excluding hydrogens is 324 g/mol. The van der Waals surface area contributed by atoms with Crippen molar-refractivity contribution < 1.29 is 4.79 Å². The van der Waals surface area contributed by atoms with E-state index in [0.29, 0.717) is 13.1 Å². The summed E-state index contributed by atoms with van der Waals surface area (Å²) < 4.78 is 0. The molecule has 1 amide bonds. The van der Waals surface area contributed by atoms with Crippen LogP contribution in [0, 0.1) is 6.92 Å². The van der Waals surface area contributed by atoms with Gasteiger partial charge in [-0.3, -0.25) is 9.59 Å². The summed E-state index contributed by atoms with van der Waals surface area (Å²) in [5, 5.41) is 0. The minimum Gasteiger partial charge on any atom is -0.333 e. The van der Waals surface area contributed by atoms with Gasteiger partial charge in [-0.2, -0.15) is 0 Å². The Labute approximate surface area is 152 Å². The Morgan fingerprint density at radius 3 is 2.50 bits per heavy atom. The molecule has 1 atom stereocenters. The van der Waals surface area contributed by atoms with Gasteiger partial charge in [0.2, 0.25) is 0 Å². The van der Waals surface area contributed by atoms with Crippen LogP contribution in [0.25, 0.3) is 0 Å². The maximum atomic E-state index is 13.0. The van der Waals surface area contributed by atoms with E-state index >= 15 is 0 Å². The van der Waals surface area contributed by atoms with Gasteiger partial charge in [-0.1, -0.05) is 54.6 Å². The Hall–Kier alpha value is -3.14. The molecule has 26 heavy (non-hydrogen) atoms. The van der Waals surface area contributed by atoms with Gasteiger partial charge in [0.05, 0.1) is 0 Å². The number of aromatic nitrogens is 1. The molecule has 4 heteroatoms. The molecule has 3 aromatic rings. The smallest absolute Gasteiger partial charge is 0.260 e. The molecule has 1 aromatic heterocycles. The number of nitrogens with zero attached hydrogens (tertiary/aromatic N) is 1. The molecule has 1 N–H and O–H groups in total. The van der Waals surface area contributed by atoms with Gasteiger partial charge in [0.15, 0.2) is 0 Å². The zero-order valence-electron chi connectivity index (χ0n) is 14.6. The van der Waals surface area contributed by atoms with E-state index in [2.05, 4.69) is 29.2 Å². The normalized spacial score (nSPS) is 16.2. The zero-order chi connectivity index (χ0) is 18.1. The molecule has 4 rings (SSSR count). The fraction of sp³-hybridized carbons (Fsp3) is 0.182. The maximum Gasteiger partial charge on any atom is 0.260 e. The molecular formula is C22H20N2O2. The highest BCUT2D eigenvalue weighted by molar-refractivity contribution is 5.94. The van der Waals surface area contributed by atoms with Gasteiger partial charge in [0, 0.05) is 24.7 Å². The summed E-state index contributed by atoms with van der Waals surface area (Å²) in [5.74, 6) is -0.115. The molecule has 1 aliphatic heterocycles. The van der Waals surface area contributed by atoms with Crippen LogP contribution in [0.2, 0.25) is 0 Å². The molecule has 4 nitrogen and oxygen atoms in total. The quantitative estimate of drug-likeness (QED) is 0.774. The van der Waals surface area contributed by atoms with Crippen molar-refractivity contribution in [3.05, 3.63) is 105 Å². The first-order valence-corrected chi connectivity index (χ1v) is 8.75. The highest BCUT2D eigenvalue weighted by Gasteiger charge is 2.30. The van der Waals surface area contributed by atoms with E-state index in [-0.39, 0.29) is 22.9 Å². The number of aryl methyl sites for hydroxylation is 1. The van der Waals surface area contributed by atoms with Gasteiger partial charge in [0.1, 0.15) is 5.56 Å². The fourth-order valence-electron chi connectivity index (χ4n) is 3.64. The molecule has 2 aromatic carbocycles. The monoisotopic (exact) mass is 344 g/mol. The van der Waals surface area contributed by atoms with Crippen LogP contribution in [0.4, 0.5) is 0 Å². The zero-order valence-corrected chi connectivity index (χ0v) is 14.6. The second kappa shape index (κ2) is 6.64. The molecule has 0 saturated heterocycles. The van der Waals surface area contributed by atoms with Gasteiger partial charge in [0.25, 0.3) is 11.5 Å². The largest absolute Gasteiger partial charge is 0.333 e. The van der Waals surface area contributed by atoms with E-state index in [4.69, 9.17) is 0 Å². The molecule has 0 radical (unpaired) electrons. The molecule has 2 heterocycles. The number of carbonyl (C=O) groups is 1. The molecule has 0 unspecified atom stereocenters. The number of nitrogens with one attached hydrogen (secondary N) is 1. The molecule has 0 aliphatic carbocycles. The van der Waals surface area contributed by atoms with Gasteiger partial charge in [-0.15, -0.1) is 0 Å². The van der Waals surface area contributed by atoms with Crippen LogP contribution in [0.1, 0.15) is 38.7 Å². The summed E-state index contributed by atoms with van der Waals surface area (Å²) >= 11 is 0. The number of fused-ring (bicyclic) bond motifs is 1. The number of hydrogen-bond acceptors (Lipinski definition) is 2. The number of amides is 1. The highest BCUT2D eigenvalue weighted by atomic mass is 16.2. The summed E-state index contributed by atoms with van der Waals surface area (Å²) in [7, 11) is 0. The standard InChI is InChI=1S/C22H20N2O2/c1-15-11-12-19(21(25)23-15)22(26)24-13-17-9-5-6-10-18(17)20(14-24)16-7-3-2-4-8-16/h2-12,20H,13-14H2,1H3,(H,23,25)/t20-/m0/s1. The van der Waals surface area contributed by atoms with Gasteiger partial charge in [-0.25, -0.2) is 0 Å². The molecule has 0 fully saturated rings. The molecule has 130 valence electrons. The predicted octanol–water partition coefficient (Wildman–Crippen LogP) is 3.47. The third-order valence-corrected chi connectivity index (χ3v) is 4.97. The lowest BCUT2D eigenvalue weighted by Crippen LogP contribution is -2.40. The number of benzene rings is 2. The van der Waals surface area contributed by atoms with E-state index in [1.54, 1.807) is 24.0 Å². The Morgan fingerprint density at radius 2 is 1.73 bits per heavy atom. The first-order chi connectivity index (χ1) is 12.6. The Bertz CT molecular complexity index is 1010. The Balaban J connectivity index is 1.73.